The number of aryl methyl sites for hydroxylation is 2. The molecule has 0 aliphatic carbocycles. The number of hydrogen-bond donors (Lipinski definition) is 1. The van der Waals surface area contributed by atoms with Crippen molar-refractivity contribution in [3.05, 3.63) is 99.5 Å². The third-order valence-electron chi connectivity index (χ3n) is 7.97. The molecule has 48 heavy (non-hydrogen) atoms. The minimum Gasteiger partial charge on any atom is -0.505 e. The second-order valence-electron chi connectivity index (χ2n) is 11.2. The maximum atomic E-state index is 13.9. The number of nitrogens with zero attached hydrogens (tertiary/aromatic N) is 5. The molecule has 0 bridgehead atoms. The summed E-state index contributed by atoms with van der Waals surface area (Å²) in [7, 11) is 0. The van der Waals surface area contributed by atoms with Crippen LogP contribution in [0.4, 0.5) is 5.13 Å². The topological polar surface area (TPSA) is 119 Å². The normalized spacial score (nSPS) is 15.9. The van der Waals surface area contributed by atoms with Gasteiger partial charge in [-0.3, -0.25) is 14.5 Å². The van der Waals surface area contributed by atoms with Crippen LogP contribution < -0.4 is 14.4 Å². The van der Waals surface area contributed by atoms with E-state index in [2.05, 4.69) is 17.1 Å². The Labute approximate surface area is 291 Å². The zero-order valence-electron chi connectivity index (χ0n) is 26.9. The zero-order chi connectivity index (χ0) is 33.9. The molecule has 10 nitrogen and oxygen atoms in total. The lowest BCUT2D eigenvalue weighted by atomic mass is 9.96. The van der Waals surface area contributed by atoms with E-state index in [-0.39, 0.29) is 22.2 Å². The number of rotatable bonds is 12. The van der Waals surface area contributed by atoms with Gasteiger partial charge in [-0.1, -0.05) is 72.3 Å². The second kappa shape index (κ2) is 14.4. The van der Waals surface area contributed by atoms with E-state index in [1.165, 1.54) is 28.0 Å². The quantitative estimate of drug-likeness (QED) is 0.0345. The van der Waals surface area contributed by atoms with Gasteiger partial charge in [0.1, 0.15) is 11.3 Å². The number of aromatic nitrogens is 4. The van der Waals surface area contributed by atoms with Crippen molar-refractivity contribution in [3.63, 3.8) is 0 Å². The highest BCUT2D eigenvalue weighted by Crippen LogP contribution is 2.46. The Bertz CT molecular complexity index is 2020. The number of imidazole rings is 1. The number of ketones is 1. The number of Topliss-reactive ketones (excluding diaryl/α,β-unsaturated/α-hetero) is 1. The fraction of sp³-hybridized carbons (Fsp3) is 0.286. The largest absolute Gasteiger partial charge is 0.505 e. The predicted molar refractivity (Wildman–Crippen MR) is 188 cm³/mol. The van der Waals surface area contributed by atoms with Crippen LogP contribution >= 0.6 is 34.7 Å². The number of pyridine rings is 1. The van der Waals surface area contributed by atoms with Crippen molar-refractivity contribution in [2.75, 3.05) is 18.1 Å². The summed E-state index contributed by atoms with van der Waals surface area (Å²) in [6.45, 7) is 8.57. The van der Waals surface area contributed by atoms with Gasteiger partial charge in [-0.25, -0.2) is 4.98 Å². The lowest BCUT2D eigenvalue weighted by molar-refractivity contribution is -0.132. The van der Waals surface area contributed by atoms with Crippen LogP contribution in [0.25, 0.3) is 11.4 Å². The number of benzene rings is 2. The van der Waals surface area contributed by atoms with Crippen molar-refractivity contribution in [1.82, 2.24) is 19.6 Å². The van der Waals surface area contributed by atoms with Crippen molar-refractivity contribution in [3.8, 4) is 11.5 Å². The number of halogens is 1. The average Bonchev–Trinajstić information content (AvgIpc) is 3.76. The summed E-state index contributed by atoms with van der Waals surface area (Å²) < 4.78 is 14.4. The first-order chi connectivity index (χ1) is 23.2. The van der Waals surface area contributed by atoms with Crippen molar-refractivity contribution >= 4 is 62.9 Å². The van der Waals surface area contributed by atoms with E-state index >= 15 is 0 Å². The molecule has 6 rings (SSSR count). The molecular weight excluding hydrogens is 670 g/mol. The lowest BCUT2D eigenvalue weighted by Gasteiger charge is -2.23. The first-order valence-electron chi connectivity index (χ1n) is 15.6. The summed E-state index contributed by atoms with van der Waals surface area (Å²) in [5.74, 6) is -0.423. The molecule has 1 atom stereocenters. The minimum absolute atomic E-state index is 0.100. The van der Waals surface area contributed by atoms with Crippen LogP contribution in [0, 0.1) is 13.8 Å². The Morgan fingerprint density at radius 1 is 1.04 bits per heavy atom. The highest BCUT2D eigenvalue weighted by Gasteiger charge is 2.49. The molecule has 2 aromatic carbocycles. The third-order valence-corrected chi connectivity index (χ3v) is 10.3. The highest BCUT2D eigenvalue weighted by atomic mass is 35.5. The van der Waals surface area contributed by atoms with Crippen molar-refractivity contribution in [2.45, 2.75) is 56.7 Å². The van der Waals surface area contributed by atoms with Gasteiger partial charge in [-0.05, 0) is 74.2 Å². The third kappa shape index (κ3) is 6.52. The maximum Gasteiger partial charge on any atom is 0.301 e. The van der Waals surface area contributed by atoms with Gasteiger partial charge in [-0.15, -0.1) is 10.2 Å². The van der Waals surface area contributed by atoms with E-state index in [9.17, 15) is 14.7 Å². The van der Waals surface area contributed by atoms with Crippen molar-refractivity contribution in [2.24, 2.45) is 0 Å². The number of unbranched alkanes of at least 4 members (excludes halogenated alkanes) is 1. The molecule has 1 aliphatic rings. The molecule has 1 N–H and O–H groups in total. The van der Waals surface area contributed by atoms with Gasteiger partial charge < -0.3 is 19.0 Å². The summed E-state index contributed by atoms with van der Waals surface area (Å²) in [6.07, 6.45) is 3.69. The smallest absolute Gasteiger partial charge is 0.301 e. The summed E-state index contributed by atoms with van der Waals surface area (Å²) in [4.78, 5) is 33.8. The predicted octanol–water partition coefficient (Wildman–Crippen LogP) is 7.95. The Balaban J connectivity index is 1.45. The Hall–Kier alpha value is -4.39. The number of aliphatic hydroxyl groups excluding tert-OH is 1. The fourth-order valence-electron chi connectivity index (χ4n) is 5.51. The van der Waals surface area contributed by atoms with Gasteiger partial charge in [0.25, 0.3) is 5.78 Å². The summed E-state index contributed by atoms with van der Waals surface area (Å²) in [5.41, 5.74) is 3.86. The molecule has 1 amide bonds. The number of ether oxygens (including phenoxy) is 2. The summed E-state index contributed by atoms with van der Waals surface area (Å²) in [5, 5.41) is 21.4. The van der Waals surface area contributed by atoms with E-state index in [0.717, 1.165) is 24.0 Å². The number of anilines is 1. The second-order valence-corrected chi connectivity index (χ2v) is 13.8. The number of carbonyl (C=O) groups is 2. The molecule has 3 aromatic heterocycles. The molecule has 1 saturated heterocycles. The van der Waals surface area contributed by atoms with E-state index in [0.29, 0.717) is 56.7 Å². The van der Waals surface area contributed by atoms with Gasteiger partial charge >= 0.3 is 5.91 Å². The van der Waals surface area contributed by atoms with E-state index in [1.54, 1.807) is 18.2 Å². The van der Waals surface area contributed by atoms with Crippen LogP contribution in [0.5, 0.6) is 11.5 Å². The van der Waals surface area contributed by atoms with Crippen LogP contribution in [-0.4, -0.2) is 49.6 Å². The number of amides is 1. The highest BCUT2D eigenvalue weighted by molar-refractivity contribution is 8.00. The number of hydrogen-bond acceptors (Lipinski definition) is 10. The summed E-state index contributed by atoms with van der Waals surface area (Å²) >= 11 is 8.68. The minimum atomic E-state index is -1.04. The molecule has 0 spiro atoms. The molecule has 1 fully saturated rings. The number of fused-ring (bicyclic) bond motifs is 1. The van der Waals surface area contributed by atoms with Crippen LogP contribution in [0.1, 0.15) is 60.8 Å². The number of thioether (sulfide) groups is 1. The Morgan fingerprint density at radius 3 is 2.56 bits per heavy atom. The van der Waals surface area contributed by atoms with Gasteiger partial charge in [0.05, 0.1) is 30.5 Å². The first-order valence-corrected chi connectivity index (χ1v) is 17.8. The van der Waals surface area contributed by atoms with Crippen LogP contribution in [-0.2, 0) is 15.3 Å². The molecule has 0 saturated carbocycles. The summed E-state index contributed by atoms with van der Waals surface area (Å²) in [6, 6.07) is 15.6. The number of aliphatic hydroxyl groups is 1. The van der Waals surface area contributed by atoms with Gasteiger partial charge in [-0.2, -0.15) is 0 Å². The van der Waals surface area contributed by atoms with Crippen LogP contribution in [0.3, 0.4) is 0 Å². The first kappa shape index (κ1) is 33.5. The van der Waals surface area contributed by atoms with E-state index in [4.69, 9.17) is 26.1 Å². The standard InChI is InChI=1S/C35H34ClN5O5S2/c1-5-7-17-46-25-15-12-23(18-26(25)45-6-2)29-27(30(42)28-21(4)40-16-8-9-20(3)32(40)37-28)31(43)33(44)41(29)34-38-39-35(48-34)47-19-22-10-13-24(36)14-11-22/h8-16,18,29,42H,5-7,17,19H2,1-4H3/b30-27+. The molecule has 4 heterocycles. The Morgan fingerprint density at radius 2 is 1.83 bits per heavy atom. The Kier molecular flexibility index (Phi) is 10.0. The molecule has 1 unspecified atom stereocenters. The van der Waals surface area contributed by atoms with Crippen molar-refractivity contribution in [1.29, 1.82) is 0 Å². The monoisotopic (exact) mass is 703 g/mol. The molecular formula is C35H34ClN5O5S2. The molecule has 0 radical (unpaired) electrons. The maximum absolute atomic E-state index is 13.9. The van der Waals surface area contributed by atoms with Crippen LogP contribution in [0.2, 0.25) is 5.02 Å². The zero-order valence-corrected chi connectivity index (χ0v) is 29.3. The molecule has 13 heteroatoms. The van der Waals surface area contributed by atoms with Gasteiger partial charge in [0.2, 0.25) is 5.13 Å². The van der Waals surface area contributed by atoms with Gasteiger partial charge in [0, 0.05) is 17.0 Å². The SMILES string of the molecule is CCCCOc1ccc(C2/C(=C(\O)c3nc4c(C)cccn4c3C)C(=O)C(=O)N2c2nnc(SCc3ccc(Cl)cc3)s2)cc1OCC. The molecule has 1 aliphatic heterocycles. The van der Waals surface area contributed by atoms with E-state index in [1.807, 2.05) is 67.8 Å². The molecule has 5 aromatic rings. The number of carbonyl (C=O) groups excluding carboxylic acids is 2. The molecule has 248 valence electrons. The van der Waals surface area contributed by atoms with Gasteiger partial charge in [0.15, 0.2) is 21.6 Å². The lowest BCUT2D eigenvalue weighted by Crippen LogP contribution is -2.29. The fourth-order valence-corrected chi connectivity index (χ4v) is 7.46. The average molecular weight is 704 g/mol. The van der Waals surface area contributed by atoms with E-state index < -0.39 is 17.7 Å². The van der Waals surface area contributed by atoms with Crippen LogP contribution in [0.15, 0.2) is 70.7 Å². The van der Waals surface area contributed by atoms with Crippen molar-refractivity contribution < 1.29 is 24.2 Å².